The number of anilines is 2. The van der Waals surface area contributed by atoms with Gasteiger partial charge in [0.15, 0.2) is 11.6 Å². The molecule has 1 amide bonds. The SMILES string of the molecule is O=C(c1ccccc1)[C@@H]1[C@@H](C(=O)c2ccccc2Cl)[C@]2(C(=O)Nc3ccccc32)[C@H]2C=Cc3cc(Cl)ccc3N12. The van der Waals surface area contributed by atoms with E-state index in [1.54, 1.807) is 54.6 Å². The summed E-state index contributed by atoms with van der Waals surface area (Å²) in [6.45, 7) is 0. The summed E-state index contributed by atoms with van der Waals surface area (Å²) >= 11 is 12.9. The minimum atomic E-state index is -1.39. The van der Waals surface area contributed by atoms with E-state index in [-0.39, 0.29) is 28.1 Å². The Morgan fingerprint density at radius 2 is 1.55 bits per heavy atom. The Morgan fingerprint density at radius 3 is 2.35 bits per heavy atom. The van der Waals surface area contributed by atoms with Crippen molar-refractivity contribution in [2.45, 2.75) is 17.5 Å². The van der Waals surface area contributed by atoms with Gasteiger partial charge in [-0.2, -0.15) is 0 Å². The lowest BCUT2D eigenvalue weighted by Crippen LogP contribution is -2.51. The molecule has 3 aliphatic rings. The second-order valence-corrected chi connectivity index (χ2v) is 11.1. The average Bonchev–Trinajstić information content (AvgIpc) is 3.45. The summed E-state index contributed by atoms with van der Waals surface area (Å²) in [5.74, 6) is -2.01. The van der Waals surface area contributed by atoms with Gasteiger partial charge < -0.3 is 10.2 Å². The van der Waals surface area contributed by atoms with Crippen LogP contribution in [0.5, 0.6) is 0 Å². The number of amides is 1. The molecule has 1 saturated heterocycles. The Balaban J connectivity index is 1.56. The molecule has 4 atom stereocenters. The zero-order valence-electron chi connectivity index (χ0n) is 21.1. The van der Waals surface area contributed by atoms with Crippen molar-refractivity contribution in [3.05, 3.63) is 135 Å². The summed E-state index contributed by atoms with van der Waals surface area (Å²) in [4.78, 5) is 45.6. The minimum Gasteiger partial charge on any atom is -0.352 e. The molecule has 3 heterocycles. The van der Waals surface area contributed by atoms with Crippen LogP contribution in [0.25, 0.3) is 6.08 Å². The highest BCUT2D eigenvalue weighted by Gasteiger charge is 2.70. The third-order valence-corrected chi connectivity index (χ3v) is 8.91. The maximum atomic E-state index is 14.8. The van der Waals surface area contributed by atoms with E-state index in [4.69, 9.17) is 23.2 Å². The van der Waals surface area contributed by atoms with Gasteiger partial charge in [0, 0.05) is 27.5 Å². The molecule has 5 nitrogen and oxygen atoms in total. The van der Waals surface area contributed by atoms with Crippen molar-refractivity contribution in [3.8, 4) is 0 Å². The summed E-state index contributed by atoms with van der Waals surface area (Å²) in [6.07, 6.45) is 3.84. The number of carbonyl (C=O) groups is 3. The largest absolute Gasteiger partial charge is 0.352 e. The molecular formula is C33H22Cl2N2O3. The second kappa shape index (κ2) is 9.19. The summed E-state index contributed by atoms with van der Waals surface area (Å²) in [6, 6.07) is 26.9. The first-order valence-electron chi connectivity index (χ1n) is 13.0. The van der Waals surface area contributed by atoms with Crippen LogP contribution < -0.4 is 10.2 Å². The highest BCUT2D eigenvalue weighted by molar-refractivity contribution is 6.34. The van der Waals surface area contributed by atoms with Gasteiger partial charge in [-0.15, -0.1) is 0 Å². The second-order valence-electron chi connectivity index (χ2n) is 10.3. The Bertz CT molecular complexity index is 1750. The summed E-state index contributed by atoms with van der Waals surface area (Å²) < 4.78 is 0. The number of rotatable bonds is 4. The fraction of sp³-hybridized carbons (Fsp3) is 0.121. The average molecular weight is 565 g/mol. The Morgan fingerprint density at radius 1 is 0.825 bits per heavy atom. The zero-order valence-corrected chi connectivity index (χ0v) is 22.6. The first-order valence-corrected chi connectivity index (χ1v) is 13.7. The fourth-order valence-electron chi connectivity index (χ4n) is 6.75. The summed E-state index contributed by atoms with van der Waals surface area (Å²) in [7, 11) is 0. The van der Waals surface area contributed by atoms with E-state index in [1.807, 2.05) is 59.5 Å². The number of halogens is 2. The van der Waals surface area contributed by atoms with Crippen molar-refractivity contribution in [3.63, 3.8) is 0 Å². The summed E-state index contributed by atoms with van der Waals surface area (Å²) in [5.41, 5.74) is 2.20. The molecule has 0 unspecified atom stereocenters. The fourth-order valence-corrected chi connectivity index (χ4v) is 7.16. The maximum absolute atomic E-state index is 14.8. The zero-order chi connectivity index (χ0) is 27.6. The van der Waals surface area contributed by atoms with Crippen molar-refractivity contribution in [2.75, 3.05) is 10.2 Å². The monoisotopic (exact) mass is 564 g/mol. The molecule has 4 aromatic carbocycles. The molecule has 196 valence electrons. The van der Waals surface area contributed by atoms with Crippen LogP contribution in [0.1, 0.15) is 31.8 Å². The number of carbonyl (C=O) groups excluding carboxylic acids is 3. The van der Waals surface area contributed by atoms with E-state index >= 15 is 0 Å². The molecule has 3 aliphatic heterocycles. The normalized spacial score (nSPS) is 23.9. The molecule has 0 aliphatic carbocycles. The molecule has 0 radical (unpaired) electrons. The van der Waals surface area contributed by atoms with Gasteiger partial charge in [-0.05, 0) is 47.5 Å². The molecule has 0 bridgehead atoms. The van der Waals surface area contributed by atoms with Gasteiger partial charge >= 0.3 is 0 Å². The predicted molar refractivity (Wildman–Crippen MR) is 157 cm³/mol. The molecule has 7 heteroatoms. The smallest absolute Gasteiger partial charge is 0.238 e. The van der Waals surface area contributed by atoms with Gasteiger partial charge in [0.25, 0.3) is 0 Å². The van der Waals surface area contributed by atoms with E-state index < -0.39 is 23.4 Å². The molecule has 1 N–H and O–H groups in total. The molecule has 0 aromatic heterocycles. The first kappa shape index (κ1) is 24.8. The van der Waals surface area contributed by atoms with Crippen LogP contribution in [0.3, 0.4) is 0 Å². The molecule has 7 rings (SSSR count). The van der Waals surface area contributed by atoms with Gasteiger partial charge in [-0.25, -0.2) is 0 Å². The highest BCUT2D eigenvalue weighted by atomic mass is 35.5. The van der Waals surface area contributed by atoms with Crippen LogP contribution >= 0.6 is 23.2 Å². The Hall–Kier alpha value is -4.19. The minimum absolute atomic E-state index is 0.249. The topological polar surface area (TPSA) is 66.5 Å². The van der Waals surface area contributed by atoms with E-state index in [9.17, 15) is 14.4 Å². The van der Waals surface area contributed by atoms with Crippen molar-refractivity contribution in [1.29, 1.82) is 0 Å². The number of Topliss-reactive ketones (excluding diaryl/α,β-unsaturated/α-hetero) is 2. The van der Waals surface area contributed by atoms with Crippen molar-refractivity contribution < 1.29 is 14.4 Å². The number of para-hydroxylation sites is 1. The molecule has 1 spiro atoms. The van der Waals surface area contributed by atoms with Crippen molar-refractivity contribution >= 4 is 58.1 Å². The van der Waals surface area contributed by atoms with Crippen LogP contribution in [-0.4, -0.2) is 29.6 Å². The van der Waals surface area contributed by atoms with E-state index in [1.165, 1.54) is 0 Å². The third kappa shape index (κ3) is 3.38. The number of hydrogen-bond donors (Lipinski definition) is 1. The molecule has 0 saturated carbocycles. The van der Waals surface area contributed by atoms with Gasteiger partial charge in [0.2, 0.25) is 5.91 Å². The van der Waals surface area contributed by atoms with Crippen LogP contribution in [0.2, 0.25) is 10.0 Å². The lowest BCUT2D eigenvalue weighted by atomic mass is 9.64. The maximum Gasteiger partial charge on any atom is 0.238 e. The van der Waals surface area contributed by atoms with Gasteiger partial charge in [-0.3, -0.25) is 14.4 Å². The number of nitrogens with one attached hydrogen (secondary N) is 1. The first-order chi connectivity index (χ1) is 19.4. The third-order valence-electron chi connectivity index (χ3n) is 8.34. The lowest BCUT2D eigenvalue weighted by molar-refractivity contribution is -0.121. The number of ketones is 2. The quantitative estimate of drug-likeness (QED) is 0.275. The van der Waals surface area contributed by atoms with Crippen LogP contribution in [-0.2, 0) is 10.2 Å². The van der Waals surface area contributed by atoms with Crippen molar-refractivity contribution in [1.82, 2.24) is 0 Å². The Kier molecular flexibility index (Phi) is 5.70. The predicted octanol–water partition coefficient (Wildman–Crippen LogP) is 6.85. The van der Waals surface area contributed by atoms with Crippen LogP contribution in [0.4, 0.5) is 11.4 Å². The van der Waals surface area contributed by atoms with Crippen LogP contribution in [0.15, 0.2) is 103 Å². The highest BCUT2D eigenvalue weighted by Crippen LogP contribution is 2.58. The number of hydrogen-bond acceptors (Lipinski definition) is 4. The van der Waals surface area contributed by atoms with Gasteiger partial charge in [0.1, 0.15) is 11.5 Å². The molecular weight excluding hydrogens is 543 g/mol. The van der Waals surface area contributed by atoms with Gasteiger partial charge in [0.05, 0.1) is 17.0 Å². The van der Waals surface area contributed by atoms with Crippen molar-refractivity contribution in [2.24, 2.45) is 5.92 Å². The number of benzene rings is 4. The number of nitrogens with zero attached hydrogens (tertiary/aromatic N) is 1. The summed E-state index contributed by atoms with van der Waals surface area (Å²) in [5, 5.41) is 3.85. The Labute approximate surface area is 241 Å². The molecule has 40 heavy (non-hydrogen) atoms. The standard InChI is InChI=1S/C33H22Cl2N2O3/c34-21-15-16-26-20(18-21)14-17-27-33(23-11-5-7-13-25(23)36-32(33)40)28(31(39)22-10-4-6-12-24(22)35)29(37(26)27)30(38)19-8-2-1-3-9-19/h1-18,27-29H,(H,36,40)/t27-,28+,29+,33-/m1/s1. The van der Waals surface area contributed by atoms with Gasteiger partial charge in [-0.1, -0.05) is 96.0 Å². The van der Waals surface area contributed by atoms with Crippen LogP contribution in [0, 0.1) is 5.92 Å². The van der Waals surface area contributed by atoms with E-state index in [2.05, 4.69) is 5.32 Å². The molecule has 4 aromatic rings. The lowest BCUT2D eigenvalue weighted by Gasteiger charge is -2.37. The van der Waals surface area contributed by atoms with E-state index in [0.717, 1.165) is 11.3 Å². The number of fused-ring (bicyclic) bond motifs is 6. The van der Waals surface area contributed by atoms with E-state index in [0.29, 0.717) is 21.8 Å². The molecule has 1 fully saturated rings.